The minimum Gasteiger partial charge on any atom is -0.309 e. The highest BCUT2D eigenvalue weighted by atomic mass is 15.0. The molecule has 0 N–H and O–H groups in total. The molecule has 24 rings (SSSR count). The number of aryl methyl sites for hydroxylation is 2. The molecule has 0 aliphatic carbocycles. The zero-order valence-corrected chi connectivity index (χ0v) is 78.4. The molecule has 0 radical (unpaired) electrons. The van der Waals surface area contributed by atoms with Crippen molar-refractivity contribution in [3.63, 3.8) is 0 Å². The Hall–Kier alpha value is -15.2. The van der Waals surface area contributed by atoms with Gasteiger partial charge in [0.25, 0.3) is 0 Å². The van der Waals surface area contributed by atoms with Gasteiger partial charge in [0, 0.05) is 115 Å². The van der Waals surface area contributed by atoms with Gasteiger partial charge in [0.15, 0.2) is 0 Å². The highest BCUT2D eigenvalue weighted by Gasteiger charge is 2.30. The third-order valence-corrected chi connectivity index (χ3v) is 28.9. The van der Waals surface area contributed by atoms with Gasteiger partial charge in [0.05, 0.1) is 66.2 Å². The van der Waals surface area contributed by atoms with E-state index in [4.69, 9.17) is 0 Å². The molecule has 6 heteroatoms. The Bertz CT molecular complexity index is 8470. The first-order valence-corrected chi connectivity index (χ1v) is 47.0. The molecule has 6 heterocycles. The quantitative estimate of drug-likeness (QED) is 0.117. The molecular formula is C127H110N6. The summed E-state index contributed by atoms with van der Waals surface area (Å²) in [7, 11) is 0. The molecule has 0 bridgehead atoms. The smallest absolute Gasteiger partial charge is 0.0542 e. The van der Waals surface area contributed by atoms with Gasteiger partial charge in [-0.2, -0.15) is 0 Å². The zero-order chi connectivity index (χ0) is 91.1. The van der Waals surface area contributed by atoms with Gasteiger partial charge in [-0.15, -0.1) is 0 Å². The maximum Gasteiger partial charge on any atom is 0.0542 e. The summed E-state index contributed by atoms with van der Waals surface area (Å²) in [6.07, 6.45) is 0. The summed E-state index contributed by atoms with van der Waals surface area (Å²) in [5, 5.41) is 15.4. The van der Waals surface area contributed by atoms with Crippen molar-refractivity contribution in [1.29, 1.82) is 0 Å². The molecule has 133 heavy (non-hydrogen) atoms. The van der Waals surface area contributed by atoms with Gasteiger partial charge >= 0.3 is 0 Å². The van der Waals surface area contributed by atoms with Crippen molar-refractivity contribution in [3.8, 4) is 34.1 Å². The van der Waals surface area contributed by atoms with Crippen LogP contribution in [0.1, 0.15) is 139 Å². The average Bonchev–Trinajstić information content (AvgIpc) is 1.55. The molecule has 648 valence electrons. The van der Waals surface area contributed by atoms with Gasteiger partial charge in [-0.05, 0) is 239 Å². The number of para-hydroxylation sites is 5. The van der Waals surface area contributed by atoms with E-state index in [-0.39, 0.29) is 27.1 Å². The van der Waals surface area contributed by atoms with Gasteiger partial charge in [-0.1, -0.05) is 337 Å². The van der Waals surface area contributed by atoms with E-state index in [0.29, 0.717) is 0 Å². The number of hydrogen-bond acceptors (Lipinski definition) is 0. The van der Waals surface area contributed by atoms with Gasteiger partial charge in [0.2, 0.25) is 0 Å². The van der Waals surface area contributed by atoms with Gasteiger partial charge in [-0.25, -0.2) is 0 Å². The first-order valence-electron chi connectivity index (χ1n) is 47.0. The molecule has 0 saturated carbocycles. The van der Waals surface area contributed by atoms with Crippen molar-refractivity contribution in [3.05, 3.63) is 468 Å². The van der Waals surface area contributed by atoms with Crippen LogP contribution in [0.15, 0.2) is 413 Å². The number of nitrogens with zero attached hydrogens (tertiary/aromatic N) is 6. The van der Waals surface area contributed by atoms with Crippen molar-refractivity contribution in [2.75, 3.05) is 0 Å². The molecule has 18 aromatic carbocycles. The lowest BCUT2D eigenvalue weighted by Crippen LogP contribution is -2.19. The van der Waals surface area contributed by atoms with E-state index < -0.39 is 0 Å². The minimum absolute atomic E-state index is 0.0681. The lowest BCUT2D eigenvalue weighted by Gasteiger charge is -2.27. The normalized spacial score (nSPS) is 12.4. The molecule has 0 atom stereocenters. The largest absolute Gasteiger partial charge is 0.309 e. The zero-order valence-electron chi connectivity index (χ0n) is 78.4. The monoisotopic (exact) mass is 1720 g/mol. The predicted molar refractivity (Wildman–Crippen MR) is 568 cm³/mol. The molecule has 6 aromatic heterocycles. The van der Waals surface area contributed by atoms with E-state index in [1.165, 1.54) is 221 Å². The molecule has 0 saturated heterocycles. The second-order valence-electron chi connectivity index (χ2n) is 40.3. The first kappa shape index (κ1) is 83.4. The maximum atomic E-state index is 2.47. The number of fused-ring (bicyclic) bond motifs is 18. The molecule has 0 unspecified atom stereocenters. The van der Waals surface area contributed by atoms with Crippen molar-refractivity contribution in [2.45, 2.75) is 124 Å². The Kier molecular flexibility index (Phi) is 20.1. The highest BCUT2D eigenvalue weighted by molar-refractivity contribution is 6.16. The van der Waals surface area contributed by atoms with Crippen LogP contribution in [0.3, 0.4) is 0 Å². The summed E-state index contributed by atoms with van der Waals surface area (Å²) < 4.78 is 14.5. The van der Waals surface area contributed by atoms with Crippen molar-refractivity contribution >= 4 is 131 Å². The van der Waals surface area contributed by atoms with Crippen LogP contribution in [0.4, 0.5) is 0 Å². The number of rotatable bonds is 12. The summed E-state index contributed by atoms with van der Waals surface area (Å²) >= 11 is 0. The summed E-state index contributed by atoms with van der Waals surface area (Å²) in [6.45, 7) is 32.0. The topological polar surface area (TPSA) is 29.6 Å². The molecule has 24 aromatic rings. The molecular weight excluding hydrogens is 1610 g/mol. The third-order valence-electron chi connectivity index (χ3n) is 28.9. The molecule has 0 aliphatic rings. The Labute approximate surface area is 779 Å². The predicted octanol–water partition coefficient (Wildman–Crippen LogP) is 33.8. The van der Waals surface area contributed by atoms with Crippen molar-refractivity contribution in [2.24, 2.45) is 0 Å². The van der Waals surface area contributed by atoms with Crippen LogP contribution >= 0.6 is 0 Å². The Balaban J connectivity index is 0.000000117. The second-order valence-corrected chi connectivity index (χ2v) is 40.3. The van der Waals surface area contributed by atoms with E-state index in [9.17, 15) is 0 Å². The minimum atomic E-state index is -0.126. The van der Waals surface area contributed by atoms with E-state index in [0.717, 1.165) is 0 Å². The maximum absolute atomic E-state index is 2.47. The number of benzene rings is 18. The van der Waals surface area contributed by atoms with Gasteiger partial charge < -0.3 is 27.4 Å². The van der Waals surface area contributed by atoms with Gasteiger partial charge in [-0.3, -0.25) is 0 Å². The van der Waals surface area contributed by atoms with Crippen LogP contribution in [0.2, 0.25) is 0 Å². The van der Waals surface area contributed by atoms with Crippen LogP contribution in [0.5, 0.6) is 0 Å². The second kappa shape index (κ2) is 32.1. The van der Waals surface area contributed by atoms with Crippen LogP contribution in [-0.4, -0.2) is 27.4 Å². The first-order chi connectivity index (χ1) is 64.3. The number of aromatic nitrogens is 6. The molecule has 0 spiro atoms. The van der Waals surface area contributed by atoms with Crippen LogP contribution in [0.25, 0.3) is 165 Å². The van der Waals surface area contributed by atoms with Crippen molar-refractivity contribution in [1.82, 2.24) is 27.4 Å². The fourth-order valence-electron chi connectivity index (χ4n) is 21.3. The lowest BCUT2D eigenvalue weighted by molar-refractivity contribution is 0.590. The summed E-state index contributed by atoms with van der Waals surface area (Å²) in [5.41, 5.74) is 34.8. The Morgan fingerprint density at radius 2 is 0.338 bits per heavy atom. The Morgan fingerprint density at radius 1 is 0.135 bits per heavy atom. The molecule has 6 nitrogen and oxygen atoms in total. The summed E-state index contributed by atoms with van der Waals surface area (Å²) in [5.74, 6) is 0. The van der Waals surface area contributed by atoms with Gasteiger partial charge in [0.1, 0.15) is 0 Å². The summed E-state index contributed by atoms with van der Waals surface area (Å²) in [6, 6.07) is 152. The van der Waals surface area contributed by atoms with E-state index in [2.05, 4.69) is 537 Å². The number of hydrogen-bond donors (Lipinski definition) is 0. The van der Waals surface area contributed by atoms with E-state index in [1.54, 1.807) is 0 Å². The van der Waals surface area contributed by atoms with Crippen LogP contribution < -0.4 is 0 Å². The Morgan fingerprint density at radius 3 is 0.647 bits per heavy atom. The molecule has 0 fully saturated rings. The third kappa shape index (κ3) is 14.2. The summed E-state index contributed by atoms with van der Waals surface area (Å²) in [4.78, 5) is 0. The average molecular weight is 1720 g/mol. The molecule has 0 aliphatic heterocycles. The van der Waals surface area contributed by atoms with E-state index >= 15 is 0 Å². The SMILES string of the molecule is CC(C)(C)c1ccc2c(c1)c1cc(C(C)(C)C)ccc1n2-c1ccc2c(c1)c1ccccc1n2-c1cccc(C(C)(C)c2ccccc2)c1.CC(C)(c1ccccc1)c1ccc(-n2c3ccccc3c3cc(-n4c5ccccc5c5ccccc54)ccc32)cc1.Cc1ccc2c(c1)c1cc(C)ccc1n2-c1ccc2c(c1)c1ccccc1n2-c1ccc(C(C)(C)c2ccccc2)cc1. The lowest BCUT2D eigenvalue weighted by atomic mass is 9.78. The molecule has 0 amide bonds. The van der Waals surface area contributed by atoms with Crippen LogP contribution in [-0.2, 0) is 27.1 Å². The fourth-order valence-corrected chi connectivity index (χ4v) is 21.3. The standard InChI is InChI=1S/C47H46N2.C41H34N2.C39H30N2/c1-45(2,3)32-21-24-42-38(28-32)39-29-33(46(4,5)6)22-25-43(39)49(42)36-23-26-44-40(30-36)37-19-12-13-20-41(37)48(44)35-18-14-17-34(27-35)47(7,8)31-15-10-9-11-16-31;1-27-14-21-38-34(24-27)35-25-28(2)15-22-39(35)43(38)32-20-23-40-36(26-32)33-12-8-9-13-37(33)42(40)31-18-16-30(17-19-31)41(3,4)29-10-6-5-7-11-29;1-39(2,27-12-4-3-5-13-27)28-20-22-29(23-21-28)40-37-19-11-8-16-33(37)34-26-30(24-25-38(34)40)41-35-17-9-6-14-31(35)32-15-7-10-18-36(32)41/h9-30H,1-8H3;5-26H,1-4H3;3-26H,1-2H3. The highest BCUT2D eigenvalue weighted by Crippen LogP contribution is 2.46. The van der Waals surface area contributed by atoms with Crippen molar-refractivity contribution < 1.29 is 0 Å². The van der Waals surface area contributed by atoms with Crippen LogP contribution in [0, 0.1) is 13.8 Å². The fraction of sp³-hybridized carbons (Fsp3) is 0.150. The van der Waals surface area contributed by atoms with E-state index in [1.807, 2.05) is 0 Å².